The Kier molecular flexibility index (Phi) is 3.13. The van der Waals surface area contributed by atoms with Crippen molar-refractivity contribution in [2.45, 2.75) is 25.6 Å². The molecule has 1 aliphatic rings. The fourth-order valence-corrected chi connectivity index (χ4v) is 3.32. The summed E-state index contributed by atoms with van der Waals surface area (Å²) in [4.78, 5) is 24.5. The van der Waals surface area contributed by atoms with E-state index in [-0.39, 0.29) is 10.6 Å². The summed E-state index contributed by atoms with van der Waals surface area (Å²) in [6.07, 6.45) is 0. The van der Waals surface area contributed by atoms with Gasteiger partial charge in [0.25, 0.3) is 0 Å². The number of fused-ring (bicyclic) bond motifs is 1. The largest absolute Gasteiger partial charge is 0.290 e. The van der Waals surface area contributed by atoms with Crippen molar-refractivity contribution in [1.82, 2.24) is 9.78 Å². The average molecular weight is 347 g/mol. The Hall–Kier alpha value is -1.75. The summed E-state index contributed by atoms with van der Waals surface area (Å²) in [6.45, 7) is 5.34. The van der Waals surface area contributed by atoms with Crippen LogP contribution >= 0.6 is 15.9 Å². The van der Waals surface area contributed by atoms with Gasteiger partial charge in [-0.3, -0.25) is 9.59 Å². The first kappa shape index (κ1) is 14.2. The molecule has 21 heavy (non-hydrogen) atoms. The molecule has 1 atom stereocenters. The molecule has 4 nitrogen and oxygen atoms in total. The molecule has 0 N–H and O–H groups in total. The lowest BCUT2D eigenvalue weighted by Crippen LogP contribution is -2.40. The number of benzene rings is 1. The summed E-state index contributed by atoms with van der Waals surface area (Å²) >= 11 is 3.60. The number of carbonyl (C=O) groups excluding carboxylic acids is 2. The maximum Gasteiger partial charge on any atom is 0.232 e. The molecule has 0 radical (unpaired) electrons. The average Bonchev–Trinajstić information content (AvgIpc) is 2.82. The molecule has 0 saturated carbocycles. The van der Waals surface area contributed by atoms with Gasteiger partial charge in [0.1, 0.15) is 0 Å². The molecular weight excluding hydrogens is 332 g/mol. The summed E-state index contributed by atoms with van der Waals surface area (Å²) < 4.78 is 1.76. The Bertz CT molecular complexity index is 747. The van der Waals surface area contributed by atoms with E-state index in [1.807, 2.05) is 30.3 Å². The Morgan fingerprint density at radius 2 is 1.81 bits per heavy atom. The second kappa shape index (κ2) is 4.63. The summed E-state index contributed by atoms with van der Waals surface area (Å²) in [6, 6.07) is 9.63. The fraction of sp³-hybridized carbons (Fsp3) is 0.312. The minimum Gasteiger partial charge on any atom is -0.290 e. The van der Waals surface area contributed by atoms with E-state index in [0.717, 1.165) is 11.4 Å². The van der Waals surface area contributed by atoms with Crippen LogP contribution in [0.25, 0.3) is 5.69 Å². The molecule has 3 rings (SSSR count). The number of hydrogen-bond acceptors (Lipinski definition) is 3. The van der Waals surface area contributed by atoms with Crippen molar-refractivity contribution in [1.29, 1.82) is 0 Å². The summed E-state index contributed by atoms with van der Waals surface area (Å²) in [5.41, 5.74) is 1.87. The van der Waals surface area contributed by atoms with E-state index in [1.165, 1.54) is 0 Å². The first-order chi connectivity index (χ1) is 9.85. The van der Waals surface area contributed by atoms with Crippen molar-refractivity contribution < 1.29 is 9.59 Å². The van der Waals surface area contributed by atoms with Crippen LogP contribution in [-0.4, -0.2) is 21.3 Å². The van der Waals surface area contributed by atoms with Crippen LogP contribution in [0.3, 0.4) is 0 Å². The summed E-state index contributed by atoms with van der Waals surface area (Å²) in [5.74, 6) is -0.807. The number of carbonyl (C=O) groups is 2. The number of nitrogens with zero attached hydrogens (tertiary/aromatic N) is 2. The Morgan fingerprint density at radius 1 is 1.19 bits per heavy atom. The number of Topliss-reactive ketones (excluding diaryl/α,β-unsaturated/α-hetero) is 2. The smallest absolute Gasteiger partial charge is 0.232 e. The van der Waals surface area contributed by atoms with Crippen LogP contribution in [0.2, 0.25) is 0 Å². The molecule has 1 heterocycles. The first-order valence-electron chi connectivity index (χ1n) is 6.74. The van der Waals surface area contributed by atoms with Crippen molar-refractivity contribution in [2.75, 3.05) is 0 Å². The maximum atomic E-state index is 12.4. The number of ketones is 2. The highest BCUT2D eigenvalue weighted by atomic mass is 79.9. The van der Waals surface area contributed by atoms with Gasteiger partial charge in [-0.2, -0.15) is 5.10 Å². The van der Waals surface area contributed by atoms with Crippen LogP contribution in [0.4, 0.5) is 0 Å². The van der Waals surface area contributed by atoms with E-state index >= 15 is 0 Å². The molecule has 108 valence electrons. The zero-order valence-corrected chi connectivity index (χ0v) is 13.6. The van der Waals surface area contributed by atoms with E-state index in [9.17, 15) is 9.59 Å². The predicted octanol–water partition coefficient (Wildman–Crippen LogP) is 3.41. The minimum absolute atomic E-state index is 0.258. The van der Waals surface area contributed by atoms with Crippen molar-refractivity contribution in [2.24, 2.45) is 5.41 Å². The number of hydrogen-bond donors (Lipinski definition) is 0. The molecule has 0 spiro atoms. The van der Waals surface area contributed by atoms with E-state index in [2.05, 4.69) is 21.0 Å². The standard InChI is InChI=1S/C16H15BrN2O2/c1-9-11-12(14(17)16(2,3)15(21)13(11)20)19(18-9)10-7-5-4-6-8-10/h4-8,14H,1-3H3. The van der Waals surface area contributed by atoms with Crippen molar-refractivity contribution in [3.8, 4) is 5.69 Å². The van der Waals surface area contributed by atoms with Crippen LogP contribution in [0.5, 0.6) is 0 Å². The van der Waals surface area contributed by atoms with Gasteiger partial charge in [-0.05, 0) is 19.1 Å². The predicted molar refractivity (Wildman–Crippen MR) is 83.1 cm³/mol. The second-order valence-corrected chi connectivity index (χ2v) is 6.75. The molecule has 0 saturated heterocycles. The number of halogens is 1. The zero-order chi connectivity index (χ0) is 15.4. The van der Waals surface area contributed by atoms with E-state index in [1.54, 1.807) is 25.5 Å². The normalized spacial score (nSPS) is 20.5. The molecular formula is C16H15BrN2O2. The highest BCUT2D eigenvalue weighted by Gasteiger charge is 2.49. The number of alkyl halides is 1. The maximum absolute atomic E-state index is 12.4. The van der Waals surface area contributed by atoms with Crippen molar-refractivity contribution in [3.63, 3.8) is 0 Å². The number of rotatable bonds is 1. The monoisotopic (exact) mass is 346 g/mol. The highest BCUT2D eigenvalue weighted by Crippen LogP contribution is 2.48. The summed E-state index contributed by atoms with van der Waals surface area (Å²) in [5, 5.41) is 4.48. The fourth-order valence-electron chi connectivity index (χ4n) is 2.69. The molecule has 0 aliphatic heterocycles. The van der Waals surface area contributed by atoms with Crippen LogP contribution in [-0.2, 0) is 4.79 Å². The lowest BCUT2D eigenvalue weighted by molar-refractivity contribution is -0.123. The SMILES string of the molecule is Cc1nn(-c2ccccc2)c2c1C(=O)C(=O)C(C)(C)C2Br. The Morgan fingerprint density at radius 3 is 2.43 bits per heavy atom. The van der Waals surface area contributed by atoms with Gasteiger partial charge < -0.3 is 0 Å². The lowest BCUT2D eigenvalue weighted by Gasteiger charge is -2.33. The van der Waals surface area contributed by atoms with Crippen LogP contribution < -0.4 is 0 Å². The lowest BCUT2D eigenvalue weighted by atomic mass is 9.74. The number of aromatic nitrogens is 2. The van der Waals surface area contributed by atoms with E-state index < -0.39 is 11.2 Å². The van der Waals surface area contributed by atoms with Crippen molar-refractivity contribution >= 4 is 27.5 Å². The topological polar surface area (TPSA) is 52.0 Å². The molecule has 0 fully saturated rings. The van der Waals surface area contributed by atoms with Gasteiger partial charge in [-0.25, -0.2) is 4.68 Å². The number of para-hydroxylation sites is 1. The highest BCUT2D eigenvalue weighted by molar-refractivity contribution is 9.09. The van der Waals surface area contributed by atoms with Gasteiger partial charge in [0.05, 0.1) is 27.5 Å². The Labute approximate surface area is 131 Å². The van der Waals surface area contributed by atoms with Gasteiger partial charge in [0, 0.05) is 5.41 Å². The van der Waals surface area contributed by atoms with Crippen LogP contribution in [0.15, 0.2) is 30.3 Å². The van der Waals surface area contributed by atoms with Gasteiger partial charge in [-0.1, -0.05) is 48.0 Å². The minimum atomic E-state index is -0.789. The Balaban J connectivity index is 2.31. The van der Waals surface area contributed by atoms with E-state index in [0.29, 0.717) is 11.3 Å². The third-order valence-corrected chi connectivity index (χ3v) is 5.57. The molecule has 1 aromatic carbocycles. The van der Waals surface area contributed by atoms with Crippen molar-refractivity contribution in [3.05, 3.63) is 47.3 Å². The summed E-state index contributed by atoms with van der Waals surface area (Å²) in [7, 11) is 0. The molecule has 1 aliphatic carbocycles. The molecule has 1 aromatic heterocycles. The van der Waals surface area contributed by atoms with E-state index in [4.69, 9.17) is 0 Å². The van der Waals surface area contributed by atoms with Gasteiger partial charge >= 0.3 is 0 Å². The third-order valence-electron chi connectivity index (χ3n) is 3.99. The van der Waals surface area contributed by atoms with Crippen LogP contribution in [0, 0.1) is 12.3 Å². The van der Waals surface area contributed by atoms with Gasteiger partial charge in [-0.15, -0.1) is 0 Å². The second-order valence-electron chi connectivity index (χ2n) is 5.84. The first-order valence-corrected chi connectivity index (χ1v) is 7.65. The molecule has 0 bridgehead atoms. The molecule has 5 heteroatoms. The number of aryl methyl sites for hydroxylation is 1. The third kappa shape index (κ3) is 1.91. The van der Waals surface area contributed by atoms with Gasteiger partial charge in [0.15, 0.2) is 0 Å². The zero-order valence-electron chi connectivity index (χ0n) is 12.1. The van der Waals surface area contributed by atoms with Gasteiger partial charge in [0.2, 0.25) is 11.6 Å². The quantitative estimate of drug-likeness (QED) is 0.587. The van der Waals surface area contributed by atoms with Crippen LogP contribution in [0.1, 0.15) is 40.4 Å². The molecule has 1 unspecified atom stereocenters. The molecule has 2 aromatic rings. The molecule has 0 amide bonds.